The molecule has 1 aromatic heterocycles. The highest BCUT2D eigenvalue weighted by atomic mass is 32.1. The first-order valence-electron chi connectivity index (χ1n) is 6.90. The van der Waals surface area contributed by atoms with Crippen molar-refractivity contribution in [3.8, 4) is 11.5 Å². The predicted octanol–water partition coefficient (Wildman–Crippen LogP) is 2.44. The topological polar surface area (TPSA) is 76.7 Å². The first-order valence-corrected chi connectivity index (χ1v) is 7.71. The highest BCUT2D eigenvalue weighted by Crippen LogP contribution is 2.28. The van der Waals surface area contributed by atoms with Gasteiger partial charge in [0.2, 0.25) is 5.91 Å². The van der Waals surface area contributed by atoms with E-state index in [0.717, 1.165) is 4.88 Å². The Morgan fingerprint density at radius 3 is 2.52 bits per heavy atom. The number of amides is 2. The van der Waals surface area contributed by atoms with Crippen molar-refractivity contribution in [2.45, 2.75) is 6.92 Å². The molecule has 0 fully saturated rings. The molecule has 0 saturated heterocycles. The zero-order valence-corrected chi connectivity index (χ0v) is 14.0. The highest BCUT2D eigenvalue weighted by molar-refractivity contribution is 7.13. The molecule has 0 bridgehead atoms. The summed E-state index contributed by atoms with van der Waals surface area (Å²) in [6.07, 6.45) is 0. The van der Waals surface area contributed by atoms with E-state index in [2.05, 4.69) is 10.6 Å². The molecule has 0 radical (unpaired) electrons. The Bertz CT molecular complexity index is 712. The van der Waals surface area contributed by atoms with Crippen molar-refractivity contribution in [3.63, 3.8) is 0 Å². The average Bonchev–Trinajstić information content (AvgIpc) is 2.99. The van der Waals surface area contributed by atoms with Crippen LogP contribution in [-0.4, -0.2) is 32.6 Å². The van der Waals surface area contributed by atoms with Gasteiger partial charge in [0.15, 0.2) is 0 Å². The van der Waals surface area contributed by atoms with Crippen LogP contribution in [0.25, 0.3) is 0 Å². The van der Waals surface area contributed by atoms with E-state index in [4.69, 9.17) is 9.47 Å². The smallest absolute Gasteiger partial charge is 0.261 e. The van der Waals surface area contributed by atoms with E-state index in [0.29, 0.717) is 22.1 Å². The number of thiophene rings is 1. The van der Waals surface area contributed by atoms with Crippen LogP contribution >= 0.6 is 11.3 Å². The summed E-state index contributed by atoms with van der Waals surface area (Å²) in [6.45, 7) is 1.79. The molecule has 0 spiro atoms. The number of hydrogen-bond donors (Lipinski definition) is 2. The Balaban J connectivity index is 1.95. The number of anilines is 1. The second-order valence-corrected chi connectivity index (χ2v) is 6.00. The van der Waals surface area contributed by atoms with Crippen molar-refractivity contribution >= 4 is 28.8 Å². The average molecular weight is 334 g/mol. The van der Waals surface area contributed by atoms with Crippen molar-refractivity contribution in [1.29, 1.82) is 0 Å². The van der Waals surface area contributed by atoms with Gasteiger partial charge in [-0.25, -0.2) is 0 Å². The quantitative estimate of drug-likeness (QED) is 0.851. The molecule has 0 aliphatic carbocycles. The maximum Gasteiger partial charge on any atom is 0.261 e. The van der Waals surface area contributed by atoms with Gasteiger partial charge in [-0.3, -0.25) is 9.59 Å². The van der Waals surface area contributed by atoms with Crippen LogP contribution in [0.15, 0.2) is 30.3 Å². The van der Waals surface area contributed by atoms with Crippen molar-refractivity contribution in [2.24, 2.45) is 0 Å². The second-order valence-electron chi connectivity index (χ2n) is 4.71. The number of methoxy groups -OCH3 is 2. The number of carbonyl (C=O) groups is 2. The molecular weight excluding hydrogens is 316 g/mol. The standard InChI is InChI=1S/C16H18N2O4S/c1-10-4-7-14(23-10)16(20)17-9-15(19)18-12-8-11(21-2)5-6-13(12)22-3/h4-8H,9H2,1-3H3,(H,17,20)(H,18,19). The summed E-state index contributed by atoms with van der Waals surface area (Å²) in [5.41, 5.74) is 0.484. The van der Waals surface area contributed by atoms with Crippen LogP contribution < -0.4 is 20.1 Å². The monoisotopic (exact) mass is 334 g/mol. The predicted molar refractivity (Wildman–Crippen MR) is 89.6 cm³/mol. The lowest BCUT2D eigenvalue weighted by Crippen LogP contribution is -2.32. The molecule has 6 nitrogen and oxygen atoms in total. The summed E-state index contributed by atoms with van der Waals surface area (Å²) in [6, 6.07) is 8.68. The first-order chi connectivity index (χ1) is 11.0. The van der Waals surface area contributed by atoms with Gasteiger partial charge in [0.05, 0.1) is 31.3 Å². The molecule has 0 atom stereocenters. The van der Waals surface area contributed by atoms with Crippen molar-refractivity contribution in [1.82, 2.24) is 5.32 Å². The van der Waals surface area contributed by atoms with E-state index in [1.54, 1.807) is 24.3 Å². The second kappa shape index (κ2) is 7.64. The van der Waals surface area contributed by atoms with Crippen molar-refractivity contribution in [2.75, 3.05) is 26.1 Å². The molecular formula is C16H18N2O4S. The number of nitrogens with one attached hydrogen (secondary N) is 2. The fourth-order valence-corrected chi connectivity index (χ4v) is 2.69. The number of carbonyl (C=O) groups excluding carboxylic acids is 2. The third kappa shape index (κ3) is 4.46. The number of ether oxygens (including phenoxy) is 2. The summed E-state index contributed by atoms with van der Waals surface area (Å²) in [4.78, 5) is 25.5. The van der Waals surface area contributed by atoms with E-state index < -0.39 is 0 Å². The van der Waals surface area contributed by atoms with Crippen LogP contribution in [0, 0.1) is 6.92 Å². The molecule has 2 N–H and O–H groups in total. The fraction of sp³-hybridized carbons (Fsp3) is 0.250. The van der Waals surface area contributed by atoms with Crippen LogP contribution in [0.4, 0.5) is 5.69 Å². The van der Waals surface area contributed by atoms with Gasteiger partial charge in [-0.1, -0.05) is 0 Å². The van der Waals surface area contributed by atoms with Gasteiger partial charge in [0, 0.05) is 10.9 Å². The molecule has 0 unspecified atom stereocenters. The molecule has 1 heterocycles. The van der Waals surface area contributed by atoms with Crippen LogP contribution in [-0.2, 0) is 4.79 Å². The molecule has 2 rings (SSSR count). The Labute approximate surface area is 138 Å². The molecule has 2 aromatic rings. The minimum atomic E-state index is -0.349. The maximum atomic E-state index is 12.0. The van der Waals surface area contributed by atoms with Crippen molar-refractivity contribution < 1.29 is 19.1 Å². The molecule has 2 amide bonds. The lowest BCUT2D eigenvalue weighted by Gasteiger charge is -2.12. The van der Waals surface area contributed by atoms with Crippen LogP contribution in [0.5, 0.6) is 11.5 Å². The van der Waals surface area contributed by atoms with E-state index in [-0.39, 0.29) is 18.4 Å². The minimum absolute atomic E-state index is 0.129. The molecule has 122 valence electrons. The van der Waals surface area contributed by atoms with Crippen LogP contribution in [0.3, 0.4) is 0 Å². The van der Waals surface area contributed by atoms with E-state index >= 15 is 0 Å². The Hall–Kier alpha value is -2.54. The summed E-state index contributed by atoms with van der Waals surface area (Å²) >= 11 is 1.38. The number of hydrogen-bond acceptors (Lipinski definition) is 5. The largest absolute Gasteiger partial charge is 0.497 e. The summed E-state index contributed by atoms with van der Waals surface area (Å²) in [5, 5.41) is 5.28. The number of benzene rings is 1. The van der Waals surface area contributed by atoms with E-state index in [9.17, 15) is 9.59 Å². The van der Waals surface area contributed by atoms with Gasteiger partial charge in [-0.2, -0.15) is 0 Å². The Kier molecular flexibility index (Phi) is 5.59. The first kappa shape index (κ1) is 16.8. The number of aryl methyl sites for hydroxylation is 1. The molecule has 0 aliphatic heterocycles. The Morgan fingerprint density at radius 2 is 1.91 bits per heavy atom. The summed E-state index contributed by atoms with van der Waals surface area (Å²) in [7, 11) is 3.05. The van der Waals surface area contributed by atoms with Gasteiger partial charge < -0.3 is 20.1 Å². The molecule has 23 heavy (non-hydrogen) atoms. The maximum absolute atomic E-state index is 12.0. The van der Waals surface area contributed by atoms with Gasteiger partial charge in [0.25, 0.3) is 5.91 Å². The lowest BCUT2D eigenvalue weighted by atomic mass is 10.2. The van der Waals surface area contributed by atoms with Gasteiger partial charge in [0.1, 0.15) is 11.5 Å². The molecule has 0 aliphatic rings. The normalized spacial score (nSPS) is 10.0. The van der Waals surface area contributed by atoms with Crippen molar-refractivity contribution in [3.05, 3.63) is 40.1 Å². The lowest BCUT2D eigenvalue weighted by molar-refractivity contribution is -0.115. The molecule has 7 heteroatoms. The third-order valence-electron chi connectivity index (χ3n) is 3.05. The van der Waals surface area contributed by atoms with Gasteiger partial charge in [-0.05, 0) is 31.2 Å². The van der Waals surface area contributed by atoms with Crippen LogP contribution in [0.2, 0.25) is 0 Å². The van der Waals surface area contributed by atoms with Gasteiger partial charge >= 0.3 is 0 Å². The Morgan fingerprint density at radius 1 is 1.13 bits per heavy atom. The summed E-state index contributed by atoms with van der Waals surface area (Å²) in [5.74, 6) is 0.493. The molecule has 0 saturated carbocycles. The van der Waals surface area contributed by atoms with Crippen LogP contribution in [0.1, 0.15) is 14.5 Å². The van der Waals surface area contributed by atoms with E-state index in [1.165, 1.54) is 25.6 Å². The fourth-order valence-electron chi connectivity index (χ4n) is 1.91. The summed E-state index contributed by atoms with van der Waals surface area (Å²) < 4.78 is 10.3. The van der Waals surface area contributed by atoms with Gasteiger partial charge in [-0.15, -0.1) is 11.3 Å². The highest BCUT2D eigenvalue weighted by Gasteiger charge is 2.12. The zero-order valence-electron chi connectivity index (χ0n) is 13.1. The minimum Gasteiger partial charge on any atom is -0.497 e. The van der Waals surface area contributed by atoms with E-state index in [1.807, 2.05) is 13.0 Å². The SMILES string of the molecule is COc1ccc(OC)c(NC(=O)CNC(=O)c2ccc(C)s2)c1. The number of rotatable bonds is 6. The third-order valence-corrected chi connectivity index (χ3v) is 4.05. The zero-order chi connectivity index (χ0) is 16.8. The molecule has 1 aromatic carbocycles.